The minimum Gasteiger partial charge on any atom is -0.486 e. The van der Waals surface area contributed by atoms with Crippen molar-refractivity contribution in [3.05, 3.63) is 44.9 Å². The zero-order valence-corrected chi connectivity index (χ0v) is 13.7. The predicted octanol–water partition coefficient (Wildman–Crippen LogP) is 3.94. The number of thiazole rings is 1. The second kappa shape index (κ2) is 6.16. The van der Waals surface area contributed by atoms with Gasteiger partial charge in [-0.1, -0.05) is 13.0 Å². The maximum absolute atomic E-state index is 5.91. The monoisotopic (exact) mass is 302 g/mol. The summed E-state index contributed by atoms with van der Waals surface area (Å²) in [6.07, 6.45) is 2.33. The quantitative estimate of drug-likeness (QED) is 0.908. The van der Waals surface area contributed by atoms with E-state index in [1.54, 1.807) is 11.3 Å². The maximum atomic E-state index is 5.91. The van der Waals surface area contributed by atoms with Gasteiger partial charge in [0.2, 0.25) is 0 Å². The molecular formula is C17H22N2OS. The first-order valence-electron chi connectivity index (χ1n) is 7.59. The number of fused-ring (bicyclic) bond motifs is 1. The van der Waals surface area contributed by atoms with Gasteiger partial charge in [0.25, 0.3) is 0 Å². The third-order valence-electron chi connectivity index (χ3n) is 4.08. The van der Waals surface area contributed by atoms with Crippen LogP contribution < -0.4 is 10.1 Å². The highest BCUT2D eigenvalue weighted by atomic mass is 32.1. The Morgan fingerprint density at radius 2 is 2.24 bits per heavy atom. The van der Waals surface area contributed by atoms with Crippen molar-refractivity contribution in [2.45, 2.75) is 46.3 Å². The van der Waals surface area contributed by atoms with E-state index in [4.69, 9.17) is 4.74 Å². The van der Waals surface area contributed by atoms with Crippen molar-refractivity contribution in [1.82, 2.24) is 10.3 Å². The third-order valence-corrected chi connectivity index (χ3v) is 5.12. The molecule has 0 fully saturated rings. The molecule has 1 aromatic heterocycles. The average Bonchev–Trinajstić information content (AvgIpc) is 3.01. The van der Waals surface area contributed by atoms with Crippen LogP contribution in [0.25, 0.3) is 0 Å². The van der Waals surface area contributed by atoms with E-state index in [1.165, 1.54) is 22.4 Å². The summed E-state index contributed by atoms with van der Waals surface area (Å²) in [5.74, 6) is 0.955. The summed E-state index contributed by atoms with van der Waals surface area (Å²) in [7, 11) is 0. The molecule has 3 nitrogen and oxygen atoms in total. The predicted molar refractivity (Wildman–Crippen MR) is 87.1 cm³/mol. The van der Waals surface area contributed by atoms with Crippen molar-refractivity contribution in [3.8, 4) is 5.75 Å². The Kier molecular flexibility index (Phi) is 4.27. The summed E-state index contributed by atoms with van der Waals surface area (Å²) in [6.45, 7) is 7.89. The Hall–Kier alpha value is -1.39. The summed E-state index contributed by atoms with van der Waals surface area (Å²) >= 11 is 1.72. The molecular weight excluding hydrogens is 280 g/mol. The van der Waals surface area contributed by atoms with E-state index < -0.39 is 0 Å². The number of aryl methyl sites for hydroxylation is 3. The third kappa shape index (κ3) is 3.11. The van der Waals surface area contributed by atoms with Gasteiger partial charge in [0.15, 0.2) is 0 Å². The molecule has 112 valence electrons. The zero-order chi connectivity index (χ0) is 14.8. The molecule has 3 rings (SSSR count). The molecule has 2 aromatic rings. The van der Waals surface area contributed by atoms with Crippen molar-refractivity contribution in [2.24, 2.45) is 0 Å². The Balaban J connectivity index is 1.67. The van der Waals surface area contributed by atoms with Gasteiger partial charge in [0, 0.05) is 10.9 Å². The Labute approximate surface area is 130 Å². The van der Waals surface area contributed by atoms with Crippen LogP contribution in [-0.4, -0.2) is 11.5 Å². The van der Waals surface area contributed by atoms with Crippen LogP contribution in [0.3, 0.4) is 0 Å². The van der Waals surface area contributed by atoms with Crippen LogP contribution >= 0.6 is 11.3 Å². The second-order valence-electron chi connectivity index (χ2n) is 5.55. The SMILES string of the molecule is CCNC1CCc2cc(OCc3nc(C)c(C)s3)ccc21. The molecule has 0 saturated carbocycles. The van der Waals surface area contributed by atoms with Gasteiger partial charge in [-0.15, -0.1) is 11.3 Å². The van der Waals surface area contributed by atoms with E-state index in [0.717, 1.165) is 29.4 Å². The standard InChI is InChI=1S/C17H22N2OS/c1-4-18-16-8-5-13-9-14(6-7-15(13)16)20-10-17-19-11(2)12(3)21-17/h6-7,9,16,18H,4-5,8,10H2,1-3H3. The van der Waals surface area contributed by atoms with Gasteiger partial charge in [-0.2, -0.15) is 0 Å². The lowest BCUT2D eigenvalue weighted by Gasteiger charge is -2.12. The molecule has 1 aliphatic rings. The molecule has 1 heterocycles. The van der Waals surface area contributed by atoms with Crippen LogP contribution in [-0.2, 0) is 13.0 Å². The number of rotatable bonds is 5. The average molecular weight is 302 g/mol. The summed E-state index contributed by atoms with van der Waals surface area (Å²) in [5, 5.41) is 4.59. The molecule has 0 aliphatic heterocycles. The second-order valence-corrected chi connectivity index (χ2v) is 6.84. The van der Waals surface area contributed by atoms with Crippen molar-refractivity contribution in [1.29, 1.82) is 0 Å². The molecule has 0 radical (unpaired) electrons. The summed E-state index contributed by atoms with van der Waals surface area (Å²) in [6, 6.07) is 7.01. The van der Waals surface area contributed by atoms with Crippen molar-refractivity contribution in [2.75, 3.05) is 6.54 Å². The fraction of sp³-hybridized carbons (Fsp3) is 0.471. The van der Waals surface area contributed by atoms with E-state index in [2.05, 4.69) is 42.3 Å². The van der Waals surface area contributed by atoms with Gasteiger partial charge < -0.3 is 10.1 Å². The summed E-state index contributed by atoms with van der Waals surface area (Å²) in [5.41, 5.74) is 3.97. The highest BCUT2D eigenvalue weighted by molar-refractivity contribution is 7.11. The molecule has 1 unspecified atom stereocenters. The molecule has 1 aromatic carbocycles. The maximum Gasteiger partial charge on any atom is 0.140 e. The molecule has 1 aliphatic carbocycles. The van der Waals surface area contributed by atoms with Crippen LogP contribution in [0.5, 0.6) is 5.75 Å². The Morgan fingerprint density at radius 1 is 1.38 bits per heavy atom. The summed E-state index contributed by atoms with van der Waals surface area (Å²) in [4.78, 5) is 5.79. The fourth-order valence-electron chi connectivity index (χ4n) is 2.89. The van der Waals surface area contributed by atoms with Crippen LogP contribution in [0.1, 0.15) is 46.1 Å². The van der Waals surface area contributed by atoms with Crippen molar-refractivity contribution in [3.63, 3.8) is 0 Å². The minimum atomic E-state index is 0.517. The topological polar surface area (TPSA) is 34.1 Å². The lowest BCUT2D eigenvalue weighted by molar-refractivity contribution is 0.305. The highest BCUT2D eigenvalue weighted by Crippen LogP contribution is 2.33. The number of nitrogens with one attached hydrogen (secondary N) is 1. The molecule has 4 heteroatoms. The van der Waals surface area contributed by atoms with Gasteiger partial charge in [0.05, 0.1) is 5.69 Å². The lowest BCUT2D eigenvalue weighted by atomic mass is 10.1. The minimum absolute atomic E-state index is 0.517. The van der Waals surface area contributed by atoms with Crippen LogP contribution in [0.15, 0.2) is 18.2 Å². The molecule has 0 spiro atoms. The normalized spacial score (nSPS) is 17.0. The largest absolute Gasteiger partial charge is 0.486 e. The van der Waals surface area contributed by atoms with Crippen LogP contribution in [0.2, 0.25) is 0 Å². The zero-order valence-electron chi connectivity index (χ0n) is 12.9. The van der Waals surface area contributed by atoms with E-state index in [0.29, 0.717) is 12.6 Å². The molecule has 21 heavy (non-hydrogen) atoms. The number of ether oxygens (including phenoxy) is 1. The molecule has 0 bridgehead atoms. The van der Waals surface area contributed by atoms with Crippen molar-refractivity contribution < 1.29 is 4.74 Å². The van der Waals surface area contributed by atoms with Gasteiger partial charge in [0.1, 0.15) is 17.4 Å². The van der Waals surface area contributed by atoms with E-state index in [1.807, 2.05) is 6.92 Å². The van der Waals surface area contributed by atoms with Crippen LogP contribution in [0, 0.1) is 13.8 Å². The lowest BCUT2D eigenvalue weighted by Crippen LogP contribution is -2.18. The van der Waals surface area contributed by atoms with E-state index in [9.17, 15) is 0 Å². The first kappa shape index (κ1) is 14.5. The first-order valence-corrected chi connectivity index (χ1v) is 8.41. The molecule has 0 saturated heterocycles. The number of nitrogens with zero attached hydrogens (tertiary/aromatic N) is 1. The highest BCUT2D eigenvalue weighted by Gasteiger charge is 2.21. The molecule has 0 amide bonds. The van der Waals surface area contributed by atoms with Gasteiger partial charge >= 0.3 is 0 Å². The first-order chi connectivity index (χ1) is 10.2. The number of hydrogen-bond acceptors (Lipinski definition) is 4. The van der Waals surface area contributed by atoms with Crippen molar-refractivity contribution >= 4 is 11.3 Å². The van der Waals surface area contributed by atoms with Gasteiger partial charge in [-0.3, -0.25) is 0 Å². The summed E-state index contributed by atoms with van der Waals surface area (Å²) < 4.78 is 5.91. The molecule has 1 atom stereocenters. The number of aromatic nitrogens is 1. The van der Waals surface area contributed by atoms with Gasteiger partial charge in [-0.05, 0) is 56.5 Å². The van der Waals surface area contributed by atoms with Crippen LogP contribution in [0.4, 0.5) is 0 Å². The number of benzene rings is 1. The van der Waals surface area contributed by atoms with Gasteiger partial charge in [-0.25, -0.2) is 4.98 Å². The Bertz CT molecular complexity index is 616. The smallest absolute Gasteiger partial charge is 0.140 e. The number of hydrogen-bond donors (Lipinski definition) is 1. The molecule has 1 N–H and O–H groups in total. The Morgan fingerprint density at radius 3 is 2.95 bits per heavy atom. The fourth-order valence-corrected chi connectivity index (χ4v) is 3.74. The van der Waals surface area contributed by atoms with E-state index >= 15 is 0 Å². The van der Waals surface area contributed by atoms with E-state index in [-0.39, 0.29) is 0 Å².